The number of hydrogen-bond donors (Lipinski definition) is 0. The summed E-state index contributed by atoms with van der Waals surface area (Å²) < 4.78 is 10.3. The van der Waals surface area contributed by atoms with E-state index in [9.17, 15) is 0 Å². The predicted octanol–water partition coefficient (Wildman–Crippen LogP) is 1.87. The maximum atomic E-state index is 5.15. The minimum absolute atomic E-state index is 0.297. The fraction of sp³-hybridized carbons (Fsp3) is 0.222. The molecule has 56 valence electrons. The zero-order valence-electron chi connectivity index (χ0n) is 6.26. The standard InChI is InChI=1S/C9H8O2/c1-7-2-3-8-5-9(4-7)11-6-10-8/h2-4H,6H2,1H3. The monoisotopic (exact) mass is 148 g/mol. The van der Waals surface area contributed by atoms with Gasteiger partial charge in [0.15, 0.2) is 11.5 Å². The van der Waals surface area contributed by atoms with Crippen molar-refractivity contribution in [3.8, 4) is 0 Å². The van der Waals surface area contributed by atoms with E-state index in [0.29, 0.717) is 6.79 Å². The quantitative estimate of drug-likeness (QED) is 0.488. The second-order valence-corrected chi connectivity index (χ2v) is 2.48. The van der Waals surface area contributed by atoms with Gasteiger partial charge in [-0.05, 0) is 30.4 Å². The maximum absolute atomic E-state index is 5.15. The Morgan fingerprint density at radius 3 is 3.00 bits per heavy atom. The van der Waals surface area contributed by atoms with Gasteiger partial charge in [-0.2, -0.15) is 0 Å². The summed E-state index contributed by atoms with van der Waals surface area (Å²) in [6, 6.07) is 0. The van der Waals surface area contributed by atoms with Gasteiger partial charge >= 0.3 is 0 Å². The van der Waals surface area contributed by atoms with Crippen molar-refractivity contribution in [1.29, 1.82) is 0 Å². The van der Waals surface area contributed by atoms with Crippen LogP contribution >= 0.6 is 0 Å². The van der Waals surface area contributed by atoms with Crippen LogP contribution in [-0.2, 0) is 9.47 Å². The molecule has 0 unspecified atom stereocenters. The van der Waals surface area contributed by atoms with Gasteiger partial charge < -0.3 is 9.47 Å². The van der Waals surface area contributed by atoms with Crippen molar-refractivity contribution in [2.24, 2.45) is 0 Å². The minimum atomic E-state index is 0.297. The van der Waals surface area contributed by atoms with Crippen LogP contribution in [0.4, 0.5) is 0 Å². The van der Waals surface area contributed by atoms with Crippen molar-refractivity contribution in [3.63, 3.8) is 0 Å². The molecule has 2 bridgehead atoms. The van der Waals surface area contributed by atoms with E-state index >= 15 is 0 Å². The van der Waals surface area contributed by atoms with E-state index in [4.69, 9.17) is 9.47 Å². The summed E-state index contributed by atoms with van der Waals surface area (Å²) >= 11 is 0. The topological polar surface area (TPSA) is 18.5 Å². The summed E-state index contributed by atoms with van der Waals surface area (Å²) in [5, 5.41) is 0. The molecule has 0 atom stereocenters. The number of rotatable bonds is 0. The molecule has 0 fully saturated rings. The van der Waals surface area contributed by atoms with Crippen LogP contribution in [0.5, 0.6) is 0 Å². The third kappa shape index (κ3) is 1.21. The lowest BCUT2D eigenvalue weighted by atomic mass is 10.2. The highest BCUT2D eigenvalue weighted by Crippen LogP contribution is 2.16. The molecule has 2 aliphatic rings. The average molecular weight is 148 g/mol. The van der Waals surface area contributed by atoms with Crippen LogP contribution in [-0.4, -0.2) is 6.79 Å². The van der Waals surface area contributed by atoms with Crippen molar-refractivity contribution in [3.05, 3.63) is 41.1 Å². The molecule has 2 rings (SSSR count). The summed E-state index contributed by atoms with van der Waals surface area (Å²) in [7, 11) is 0. The lowest BCUT2D eigenvalue weighted by molar-refractivity contribution is 0.0135. The van der Waals surface area contributed by atoms with E-state index < -0.39 is 0 Å². The van der Waals surface area contributed by atoms with Gasteiger partial charge in [-0.15, -0.1) is 0 Å². The zero-order chi connectivity index (χ0) is 7.68. The first-order valence-corrected chi connectivity index (χ1v) is 3.47. The molecule has 0 saturated heterocycles. The molecule has 0 aromatic carbocycles. The summed E-state index contributed by atoms with van der Waals surface area (Å²) in [5.74, 6) is 1.51. The first-order valence-electron chi connectivity index (χ1n) is 3.47. The molecule has 0 N–H and O–H groups in total. The van der Waals surface area contributed by atoms with Gasteiger partial charge in [-0.3, -0.25) is 0 Å². The van der Waals surface area contributed by atoms with Gasteiger partial charge in [0.05, 0.1) is 0 Å². The van der Waals surface area contributed by atoms with E-state index in [1.165, 1.54) is 0 Å². The predicted molar refractivity (Wildman–Crippen MR) is 40.5 cm³/mol. The molecule has 1 aliphatic heterocycles. The van der Waals surface area contributed by atoms with Gasteiger partial charge in [0.2, 0.25) is 6.79 Å². The second kappa shape index (κ2) is 2.33. The molecule has 0 spiro atoms. The smallest absolute Gasteiger partial charge is 0.232 e. The van der Waals surface area contributed by atoms with Crippen LogP contribution < -0.4 is 0 Å². The minimum Gasteiger partial charge on any atom is -0.450 e. The van der Waals surface area contributed by atoms with E-state index in [-0.39, 0.29) is 0 Å². The Morgan fingerprint density at radius 1 is 1.27 bits per heavy atom. The lowest BCUT2D eigenvalue weighted by Crippen LogP contribution is -2.01. The van der Waals surface area contributed by atoms with E-state index in [0.717, 1.165) is 17.1 Å². The van der Waals surface area contributed by atoms with Crippen molar-refractivity contribution in [2.45, 2.75) is 6.92 Å². The molecular formula is C9H8O2. The van der Waals surface area contributed by atoms with Gasteiger partial charge in [-0.1, -0.05) is 6.08 Å². The normalized spacial score (nSPS) is 20.3. The van der Waals surface area contributed by atoms with Gasteiger partial charge in [0.25, 0.3) is 0 Å². The van der Waals surface area contributed by atoms with Crippen LogP contribution in [0.15, 0.2) is 41.1 Å². The Balaban J connectivity index is 2.48. The molecule has 0 aromatic rings. The molecule has 0 radical (unpaired) electrons. The maximum Gasteiger partial charge on any atom is 0.232 e. The van der Waals surface area contributed by atoms with Crippen molar-refractivity contribution in [1.82, 2.24) is 0 Å². The molecule has 1 aliphatic carbocycles. The number of ether oxygens (including phenoxy) is 2. The van der Waals surface area contributed by atoms with E-state index in [1.807, 2.05) is 25.2 Å². The Labute approximate surface area is 65.1 Å². The van der Waals surface area contributed by atoms with E-state index in [1.54, 1.807) is 0 Å². The molecule has 0 aromatic heterocycles. The second-order valence-electron chi connectivity index (χ2n) is 2.48. The summed E-state index contributed by atoms with van der Waals surface area (Å²) in [6.45, 7) is 2.31. The average Bonchev–Trinajstić information content (AvgIpc) is 2.12. The summed E-state index contributed by atoms with van der Waals surface area (Å²) in [5.41, 5.74) is 4.12. The summed E-state index contributed by atoms with van der Waals surface area (Å²) in [6.07, 6.45) is 5.80. The molecule has 2 nitrogen and oxygen atoms in total. The highest BCUT2D eigenvalue weighted by Gasteiger charge is 2.06. The van der Waals surface area contributed by atoms with Gasteiger partial charge in [0, 0.05) is 0 Å². The van der Waals surface area contributed by atoms with Crippen LogP contribution in [0.3, 0.4) is 0 Å². The molecular weight excluding hydrogens is 140 g/mol. The van der Waals surface area contributed by atoms with Crippen LogP contribution in [0.1, 0.15) is 6.92 Å². The largest absolute Gasteiger partial charge is 0.450 e. The van der Waals surface area contributed by atoms with Crippen LogP contribution in [0, 0.1) is 0 Å². The Bertz CT molecular complexity index is 302. The zero-order valence-corrected chi connectivity index (χ0v) is 6.26. The lowest BCUT2D eigenvalue weighted by Gasteiger charge is -2.10. The fourth-order valence-corrected chi connectivity index (χ4v) is 0.980. The van der Waals surface area contributed by atoms with Crippen LogP contribution in [0.25, 0.3) is 0 Å². The SMILES string of the molecule is CC1=CC2=C=C(C=C1)OCO2. The highest BCUT2D eigenvalue weighted by molar-refractivity contribution is 5.34. The molecule has 0 saturated carbocycles. The highest BCUT2D eigenvalue weighted by atomic mass is 16.7. The molecule has 11 heavy (non-hydrogen) atoms. The summed E-state index contributed by atoms with van der Waals surface area (Å²) in [4.78, 5) is 0. The van der Waals surface area contributed by atoms with Gasteiger partial charge in [0.1, 0.15) is 0 Å². The Morgan fingerprint density at radius 2 is 2.09 bits per heavy atom. The third-order valence-corrected chi connectivity index (χ3v) is 1.53. The van der Waals surface area contributed by atoms with Crippen molar-refractivity contribution in [2.75, 3.05) is 6.79 Å². The Kier molecular flexibility index (Phi) is 1.34. The number of hydrogen-bond acceptors (Lipinski definition) is 2. The molecule has 0 amide bonds. The van der Waals surface area contributed by atoms with Crippen LogP contribution in [0.2, 0.25) is 0 Å². The molecule has 2 heteroatoms. The third-order valence-electron chi connectivity index (χ3n) is 1.53. The first-order chi connectivity index (χ1) is 5.34. The van der Waals surface area contributed by atoms with Crippen molar-refractivity contribution >= 4 is 0 Å². The van der Waals surface area contributed by atoms with Gasteiger partial charge in [-0.25, -0.2) is 0 Å². The molecule has 1 heterocycles. The first kappa shape index (κ1) is 6.32. The van der Waals surface area contributed by atoms with Crippen molar-refractivity contribution < 1.29 is 9.47 Å². The number of allylic oxidation sites excluding steroid dienone is 3. The fourth-order valence-electron chi connectivity index (χ4n) is 0.980. The Hall–Kier alpha value is -1.40. The van der Waals surface area contributed by atoms with E-state index in [2.05, 4.69) is 5.73 Å².